The third-order valence-electron chi connectivity index (χ3n) is 8.68. The average molecular weight is 452 g/mol. The number of nitrogens with one attached hydrogen (secondary N) is 1. The summed E-state index contributed by atoms with van der Waals surface area (Å²) < 4.78 is 0. The first-order valence-electron chi connectivity index (χ1n) is 12.4. The van der Waals surface area contributed by atoms with E-state index in [4.69, 9.17) is 5.26 Å². The van der Waals surface area contributed by atoms with Gasteiger partial charge >= 0.3 is 0 Å². The lowest BCUT2D eigenvalue weighted by molar-refractivity contribution is -0.132. The zero-order chi connectivity index (χ0) is 23.9. The maximum absolute atomic E-state index is 13.2. The minimum absolute atomic E-state index is 0.0519. The Morgan fingerprint density at radius 3 is 2.42 bits per heavy atom. The molecule has 2 N–H and O–H groups in total. The summed E-state index contributed by atoms with van der Waals surface area (Å²) in [6.45, 7) is 8.11. The van der Waals surface area contributed by atoms with Crippen LogP contribution in [0.15, 0.2) is 24.3 Å². The maximum Gasteiger partial charge on any atom is 0.251 e. The smallest absolute Gasteiger partial charge is 0.251 e. The summed E-state index contributed by atoms with van der Waals surface area (Å²) in [6.07, 6.45) is 6.41. The first-order chi connectivity index (χ1) is 15.6. The van der Waals surface area contributed by atoms with Crippen LogP contribution in [-0.4, -0.2) is 46.6 Å². The van der Waals surface area contributed by atoms with E-state index in [-0.39, 0.29) is 34.6 Å². The van der Waals surface area contributed by atoms with Gasteiger partial charge in [0.15, 0.2) is 0 Å². The lowest BCUT2D eigenvalue weighted by Crippen LogP contribution is -2.52. The van der Waals surface area contributed by atoms with Crippen LogP contribution >= 0.6 is 0 Å². The van der Waals surface area contributed by atoms with Crippen molar-refractivity contribution in [3.8, 4) is 6.07 Å². The van der Waals surface area contributed by atoms with Crippen LogP contribution in [0.2, 0.25) is 0 Å². The Bertz CT molecular complexity index is 940. The highest BCUT2D eigenvalue weighted by Gasteiger charge is 2.61. The molecule has 0 spiro atoms. The van der Waals surface area contributed by atoms with Crippen molar-refractivity contribution in [2.45, 2.75) is 83.8 Å². The SMILES string of the molecule is CC1(O)CCC2(CCC(=O)N3CCCC3)C(NC(=O)c3ccc(C#N)cc3)CC(C)(C)C2C1. The predicted octanol–water partition coefficient (Wildman–Crippen LogP) is 4.03. The molecule has 2 aliphatic carbocycles. The van der Waals surface area contributed by atoms with Crippen molar-refractivity contribution in [3.63, 3.8) is 0 Å². The molecule has 1 heterocycles. The Hall–Kier alpha value is -2.39. The number of aliphatic hydroxyl groups is 1. The van der Waals surface area contributed by atoms with Gasteiger partial charge in [-0.25, -0.2) is 0 Å². The highest BCUT2D eigenvalue weighted by atomic mass is 16.3. The number of carbonyl (C=O) groups is 2. The Morgan fingerprint density at radius 1 is 1.12 bits per heavy atom. The molecule has 4 rings (SSSR count). The van der Waals surface area contributed by atoms with Crippen molar-refractivity contribution < 1.29 is 14.7 Å². The number of amides is 2. The fourth-order valence-corrected chi connectivity index (χ4v) is 6.83. The second-order valence-electron chi connectivity index (χ2n) is 11.5. The summed E-state index contributed by atoms with van der Waals surface area (Å²) in [5, 5.41) is 23.3. The molecule has 1 aromatic carbocycles. The van der Waals surface area contributed by atoms with Gasteiger partial charge in [0, 0.05) is 31.1 Å². The van der Waals surface area contributed by atoms with Gasteiger partial charge in [-0.15, -0.1) is 0 Å². The number of carbonyl (C=O) groups excluding carboxylic acids is 2. The van der Waals surface area contributed by atoms with Crippen molar-refractivity contribution in [1.82, 2.24) is 10.2 Å². The largest absolute Gasteiger partial charge is 0.390 e. The van der Waals surface area contributed by atoms with Crippen LogP contribution in [0.5, 0.6) is 0 Å². The summed E-state index contributed by atoms with van der Waals surface area (Å²) in [6, 6.07) is 8.76. The maximum atomic E-state index is 13.2. The van der Waals surface area contributed by atoms with Gasteiger partial charge in [-0.3, -0.25) is 9.59 Å². The number of likely N-dealkylation sites (tertiary alicyclic amines) is 1. The molecule has 1 aromatic rings. The summed E-state index contributed by atoms with van der Waals surface area (Å²) in [4.78, 5) is 28.1. The zero-order valence-electron chi connectivity index (χ0n) is 20.2. The summed E-state index contributed by atoms with van der Waals surface area (Å²) in [5.41, 5.74) is 0.102. The van der Waals surface area contributed by atoms with E-state index in [1.165, 1.54) is 0 Å². The highest BCUT2D eigenvalue weighted by molar-refractivity contribution is 5.94. The Balaban J connectivity index is 1.58. The van der Waals surface area contributed by atoms with Crippen LogP contribution in [0.3, 0.4) is 0 Å². The fraction of sp³-hybridized carbons (Fsp3) is 0.667. The van der Waals surface area contributed by atoms with Gasteiger partial charge < -0.3 is 15.3 Å². The van der Waals surface area contributed by atoms with Crippen LogP contribution < -0.4 is 5.32 Å². The van der Waals surface area contributed by atoms with E-state index in [1.807, 2.05) is 11.8 Å². The van der Waals surface area contributed by atoms with Crippen LogP contribution in [0.1, 0.15) is 88.1 Å². The predicted molar refractivity (Wildman–Crippen MR) is 126 cm³/mol. The molecule has 0 bridgehead atoms. The topological polar surface area (TPSA) is 93.4 Å². The molecular weight excluding hydrogens is 414 g/mol. The minimum Gasteiger partial charge on any atom is -0.390 e. The number of benzene rings is 1. The number of hydrogen-bond acceptors (Lipinski definition) is 4. The molecule has 178 valence electrons. The van der Waals surface area contributed by atoms with Gasteiger partial charge in [0.05, 0.1) is 17.2 Å². The number of nitrogens with zero attached hydrogens (tertiary/aromatic N) is 2. The van der Waals surface area contributed by atoms with Crippen molar-refractivity contribution >= 4 is 11.8 Å². The Morgan fingerprint density at radius 2 is 1.79 bits per heavy atom. The fourth-order valence-electron chi connectivity index (χ4n) is 6.83. The van der Waals surface area contributed by atoms with E-state index in [0.29, 0.717) is 30.4 Å². The second-order valence-corrected chi connectivity index (χ2v) is 11.5. The van der Waals surface area contributed by atoms with Gasteiger partial charge in [0.25, 0.3) is 5.91 Å². The molecule has 1 aliphatic heterocycles. The van der Waals surface area contributed by atoms with Crippen LogP contribution in [0.4, 0.5) is 0 Å². The number of hydrogen-bond donors (Lipinski definition) is 2. The molecule has 6 nitrogen and oxygen atoms in total. The monoisotopic (exact) mass is 451 g/mol. The molecular formula is C27H37N3O3. The molecule has 2 saturated carbocycles. The van der Waals surface area contributed by atoms with Gasteiger partial charge in [0.1, 0.15) is 0 Å². The summed E-state index contributed by atoms with van der Waals surface area (Å²) in [5.74, 6) is 0.315. The number of nitriles is 1. The number of rotatable bonds is 5. The molecule has 6 heteroatoms. The quantitative estimate of drug-likeness (QED) is 0.707. The third kappa shape index (κ3) is 4.66. The average Bonchev–Trinajstić information content (AvgIpc) is 3.38. The molecule has 0 aromatic heterocycles. The third-order valence-corrected chi connectivity index (χ3v) is 8.68. The first-order valence-corrected chi connectivity index (χ1v) is 12.4. The minimum atomic E-state index is -0.712. The standard InChI is InChI=1S/C27H37N3O3/c1-25(2)17-22(29-24(32)20-8-6-19(18-28)7-9-20)27(13-12-26(3,33)16-21(25)27)11-10-23(31)30-14-4-5-15-30/h6-9,21-22,33H,4-5,10-17H2,1-3H3,(H,29,32). The molecule has 1 saturated heterocycles. The molecule has 4 atom stereocenters. The van der Waals surface area contributed by atoms with E-state index in [0.717, 1.165) is 45.2 Å². The van der Waals surface area contributed by atoms with Crippen molar-refractivity contribution in [2.24, 2.45) is 16.7 Å². The molecule has 3 fully saturated rings. The lowest BCUT2D eigenvalue weighted by Gasteiger charge is -2.51. The highest BCUT2D eigenvalue weighted by Crippen LogP contribution is 2.63. The first kappa shape index (κ1) is 23.8. The second kappa shape index (κ2) is 8.76. The summed E-state index contributed by atoms with van der Waals surface area (Å²) >= 11 is 0. The molecule has 0 radical (unpaired) electrons. The van der Waals surface area contributed by atoms with Crippen molar-refractivity contribution in [3.05, 3.63) is 35.4 Å². The van der Waals surface area contributed by atoms with E-state index < -0.39 is 5.60 Å². The Kier molecular flexibility index (Phi) is 6.30. The van der Waals surface area contributed by atoms with Gasteiger partial charge in [0.2, 0.25) is 5.91 Å². The zero-order valence-corrected chi connectivity index (χ0v) is 20.2. The van der Waals surface area contributed by atoms with Crippen LogP contribution in [-0.2, 0) is 4.79 Å². The molecule has 4 unspecified atom stereocenters. The normalized spacial score (nSPS) is 32.8. The molecule has 33 heavy (non-hydrogen) atoms. The Labute approximate surface area is 197 Å². The van der Waals surface area contributed by atoms with Crippen LogP contribution in [0.25, 0.3) is 0 Å². The van der Waals surface area contributed by atoms with E-state index in [1.54, 1.807) is 24.3 Å². The van der Waals surface area contributed by atoms with Crippen molar-refractivity contribution in [2.75, 3.05) is 13.1 Å². The van der Waals surface area contributed by atoms with Crippen molar-refractivity contribution in [1.29, 1.82) is 5.26 Å². The van der Waals surface area contributed by atoms with Gasteiger partial charge in [-0.05, 0) is 92.9 Å². The van der Waals surface area contributed by atoms with E-state index >= 15 is 0 Å². The molecule has 3 aliphatic rings. The summed E-state index contributed by atoms with van der Waals surface area (Å²) in [7, 11) is 0. The van der Waals surface area contributed by atoms with E-state index in [2.05, 4.69) is 25.2 Å². The van der Waals surface area contributed by atoms with Crippen LogP contribution in [0, 0.1) is 28.1 Å². The lowest BCUT2D eigenvalue weighted by atomic mass is 9.57. The van der Waals surface area contributed by atoms with Gasteiger partial charge in [-0.1, -0.05) is 13.8 Å². The van der Waals surface area contributed by atoms with Gasteiger partial charge in [-0.2, -0.15) is 5.26 Å². The van der Waals surface area contributed by atoms with E-state index in [9.17, 15) is 14.7 Å². The molecule has 2 amide bonds. The number of fused-ring (bicyclic) bond motifs is 1.